The van der Waals surface area contributed by atoms with E-state index in [1.807, 2.05) is 6.92 Å². The van der Waals surface area contributed by atoms with Crippen LogP contribution in [0.1, 0.15) is 192 Å². The van der Waals surface area contributed by atoms with Crippen molar-refractivity contribution in [1.82, 2.24) is 26.6 Å². The molecule has 12 N–H and O–H groups in total. The average molecular weight is 1030 g/mol. The van der Waals surface area contributed by atoms with Gasteiger partial charge in [0.15, 0.2) is 0 Å². The largest absolute Gasteiger partial charge is 0.480 e. The first kappa shape index (κ1) is 61.9. The maximum Gasteiger partial charge on any atom is 0.328 e. The van der Waals surface area contributed by atoms with Crippen molar-refractivity contribution < 1.29 is 54.3 Å². The van der Waals surface area contributed by atoms with Crippen molar-refractivity contribution in [2.75, 3.05) is 13.2 Å². The van der Waals surface area contributed by atoms with Crippen LogP contribution in [0.4, 0.5) is 0 Å². The summed E-state index contributed by atoms with van der Waals surface area (Å²) in [5.41, 5.74) is 6.16. The van der Waals surface area contributed by atoms with E-state index < -0.39 is 84.0 Å². The Morgan fingerprint density at radius 2 is 1.22 bits per heavy atom. The molecule has 17 heteroatoms. The molecule has 5 aliphatic carbocycles. The summed E-state index contributed by atoms with van der Waals surface area (Å²) in [5.74, 6) is -4.49. The summed E-state index contributed by atoms with van der Waals surface area (Å²) in [6.45, 7) is 24.6. The Hall–Kier alpha value is -3.64. The van der Waals surface area contributed by atoms with Crippen LogP contribution in [0.25, 0.3) is 0 Å². The Labute approximate surface area is 436 Å². The fourth-order valence-corrected chi connectivity index (χ4v) is 14.4. The summed E-state index contributed by atoms with van der Waals surface area (Å²) < 4.78 is 0. The zero-order chi connectivity index (χ0) is 55.1. The standard InChI is InChI=1S/C53H90N6O11.C3H8/c1-11-12-15-34(42(64)56-36(29-60)46(68)69)55-44(66)40(30(2)61)59-45(67)41(31(3)62)58-43(65)35(16-13-14-27-54)57-47(70)53-25-23-48(4,5)28-33(53)32-17-18-38-50(8)21-20-39(63)49(6,7)37(50)19-22-52(38,10)51(32,9)24-26-53;1-3-2/h17,30-31,33-41,60-63H,11-16,18-29,54H2,1-10H3,(H,55,66)(H,56,64)(H,57,70)(H,58,65)(H,59,67)(H,68,69);3H2,1-2H3/t30-,31-,33?,34+,35+,36+,37?,38?,39+,40+,41+,50+,51-,52-,53+;/m1./s1. The zero-order valence-electron chi connectivity index (χ0n) is 46.6. The number of amides is 5. The number of unbranched alkanes of at least 4 members (excludes halogenated alkanes) is 2. The lowest BCUT2D eigenvalue weighted by atomic mass is 9.33. The first-order valence-corrected chi connectivity index (χ1v) is 27.8. The van der Waals surface area contributed by atoms with Crippen molar-refractivity contribution in [1.29, 1.82) is 0 Å². The summed E-state index contributed by atoms with van der Waals surface area (Å²) in [7, 11) is 0. The summed E-state index contributed by atoms with van der Waals surface area (Å²) in [4.78, 5) is 81.9. The number of aliphatic hydroxyl groups is 4. The van der Waals surface area contributed by atoms with Gasteiger partial charge in [-0.05, 0) is 155 Å². The van der Waals surface area contributed by atoms with Crippen molar-refractivity contribution in [2.24, 2.45) is 56.0 Å². The quantitative estimate of drug-likeness (QED) is 0.0526. The van der Waals surface area contributed by atoms with Gasteiger partial charge in [0, 0.05) is 0 Å². The number of hydrogen-bond donors (Lipinski definition) is 11. The lowest BCUT2D eigenvalue weighted by Crippen LogP contribution is -2.66. The minimum atomic E-state index is -1.67. The number of carbonyl (C=O) groups excluding carboxylic acids is 5. The van der Waals surface area contributed by atoms with Gasteiger partial charge in [0.25, 0.3) is 0 Å². The van der Waals surface area contributed by atoms with Crippen LogP contribution in [0.5, 0.6) is 0 Å². The maximum absolute atomic E-state index is 15.3. The van der Waals surface area contributed by atoms with E-state index in [1.54, 1.807) is 0 Å². The third-order valence-corrected chi connectivity index (χ3v) is 19.0. The van der Waals surface area contributed by atoms with Crippen LogP contribution in [-0.4, -0.2) is 123 Å². The predicted octanol–water partition coefficient (Wildman–Crippen LogP) is 5.15. The van der Waals surface area contributed by atoms with E-state index in [1.165, 1.54) is 25.8 Å². The summed E-state index contributed by atoms with van der Waals surface area (Å²) >= 11 is 0. The number of nitrogens with one attached hydrogen (secondary N) is 5. The molecule has 5 rings (SSSR count). The molecule has 0 saturated heterocycles. The van der Waals surface area contributed by atoms with E-state index in [0.29, 0.717) is 56.9 Å². The Morgan fingerprint density at radius 3 is 1.78 bits per heavy atom. The number of aliphatic hydroxyl groups excluding tert-OH is 4. The predicted molar refractivity (Wildman–Crippen MR) is 281 cm³/mol. The fraction of sp³-hybridized carbons (Fsp3) is 0.857. The van der Waals surface area contributed by atoms with Gasteiger partial charge in [-0.2, -0.15) is 0 Å². The summed E-state index contributed by atoms with van der Waals surface area (Å²) in [5, 5.41) is 64.5. The number of rotatable bonds is 21. The molecule has 73 heavy (non-hydrogen) atoms. The van der Waals surface area contributed by atoms with E-state index in [4.69, 9.17) is 5.73 Å². The minimum absolute atomic E-state index is 0.0169. The van der Waals surface area contributed by atoms with Crippen LogP contribution in [0.15, 0.2) is 11.6 Å². The molecule has 0 spiro atoms. The molecule has 418 valence electrons. The van der Waals surface area contributed by atoms with Crippen LogP contribution in [0.2, 0.25) is 0 Å². The molecule has 0 radical (unpaired) electrons. The van der Waals surface area contributed by atoms with Crippen LogP contribution in [0, 0.1) is 50.2 Å². The highest BCUT2D eigenvalue weighted by Gasteiger charge is 2.69. The van der Waals surface area contributed by atoms with E-state index in [2.05, 4.69) is 95.0 Å². The third kappa shape index (κ3) is 13.0. The maximum atomic E-state index is 15.3. The minimum Gasteiger partial charge on any atom is -0.480 e. The van der Waals surface area contributed by atoms with E-state index in [0.717, 1.165) is 51.4 Å². The smallest absolute Gasteiger partial charge is 0.328 e. The van der Waals surface area contributed by atoms with Crippen molar-refractivity contribution in [3.05, 3.63) is 11.6 Å². The molecule has 17 nitrogen and oxygen atoms in total. The number of carbonyl (C=O) groups is 6. The van der Waals surface area contributed by atoms with Gasteiger partial charge in [0.1, 0.15) is 30.2 Å². The second-order valence-corrected chi connectivity index (χ2v) is 25.0. The molecule has 0 aromatic rings. The highest BCUT2D eigenvalue weighted by molar-refractivity contribution is 5.97. The molecule has 4 fully saturated rings. The Kier molecular flexibility index (Phi) is 21.2. The van der Waals surface area contributed by atoms with Gasteiger partial charge in [-0.3, -0.25) is 24.0 Å². The Morgan fingerprint density at radius 1 is 0.685 bits per heavy atom. The molecule has 0 aromatic carbocycles. The summed E-state index contributed by atoms with van der Waals surface area (Å²) in [6, 6.07) is -7.32. The Balaban J connectivity index is 0.00000375. The molecule has 5 aliphatic rings. The van der Waals surface area contributed by atoms with Crippen LogP contribution in [0.3, 0.4) is 0 Å². The fourth-order valence-electron chi connectivity index (χ4n) is 14.4. The molecular formula is C56H98N6O11. The number of hydrogen-bond acceptors (Lipinski definition) is 11. The molecule has 4 saturated carbocycles. The van der Waals surface area contributed by atoms with Gasteiger partial charge >= 0.3 is 5.97 Å². The van der Waals surface area contributed by atoms with Gasteiger partial charge in [-0.1, -0.05) is 100 Å². The molecule has 15 atom stereocenters. The molecule has 0 aromatic heterocycles. The highest BCUT2D eigenvalue weighted by Crippen LogP contribution is 2.75. The van der Waals surface area contributed by atoms with E-state index in [9.17, 15) is 49.5 Å². The number of carboxylic acid groups (broad SMARTS) is 1. The second-order valence-electron chi connectivity index (χ2n) is 25.0. The van der Waals surface area contributed by atoms with E-state index >= 15 is 4.79 Å². The molecule has 5 amide bonds. The average Bonchev–Trinajstić information content (AvgIpc) is 3.31. The highest BCUT2D eigenvalue weighted by atomic mass is 16.4. The van der Waals surface area contributed by atoms with Gasteiger partial charge in [0.2, 0.25) is 29.5 Å². The first-order valence-electron chi connectivity index (χ1n) is 27.8. The van der Waals surface area contributed by atoms with E-state index in [-0.39, 0.29) is 57.8 Å². The zero-order valence-corrected chi connectivity index (χ0v) is 46.6. The first-order chi connectivity index (χ1) is 34.0. The van der Waals surface area contributed by atoms with Crippen LogP contribution in [-0.2, 0) is 28.8 Å². The lowest BCUT2D eigenvalue weighted by molar-refractivity contribution is -0.203. The van der Waals surface area contributed by atoms with Gasteiger partial charge < -0.3 is 57.9 Å². The number of carboxylic acids is 1. The van der Waals surface area contributed by atoms with Gasteiger partial charge in [0.05, 0.1) is 30.3 Å². The normalized spacial score (nSPS) is 32.6. The molecule has 3 unspecified atom stereocenters. The SMILES string of the molecule is CCC.CCCC[C@H](NC(=O)[C@@H](NC(=O)[C@@H](NC(=O)[C@H](CCCCN)NC(=O)[C@]12CCC(C)(C)CC1C1=CCC3[C@@]4(C)CC[C@H](O)C(C)(C)C4CC[C@@]3(C)[C@]1(C)CC2)[C@@H](C)O)[C@@H](C)O)C(=O)N[C@@H](CO)C(=O)O. The lowest BCUT2D eigenvalue weighted by Gasteiger charge is -2.71. The number of fused-ring (bicyclic) bond motifs is 7. The second kappa shape index (κ2) is 25.0. The molecule has 0 bridgehead atoms. The van der Waals surface area contributed by atoms with Crippen LogP contribution >= 0.6 is 0 Å². The number of nitrogens with two attached hydrogens (primary N) is 1. The molecular weight excluding hydrogens is 933 g/mol. The number of allylic oxidation sites excluding steroid dienone is 2. The topological polar surface area (TPSA) is 290 Å². The molecule has 0 aliphatic heterocycles. The third-order valence-electron chi connectivity index (χ3n) is 19.0. The van der Waals surface area contributed by atoms with Gasteiger partial charge in [-0.15, -0.1) is 0 Å². The number of aliphatic carboxylic acids is 1. The Bertz CT molecular complexity index is 1980. The van der Waals surface area contributed by atoms with Crippen LogP contribution < -0.4 is 32.3 Å². The van der Waals surface area contributed by atoms with Crippen molar-refractivity contribution >= 4 is 35.5 Å². The van der Waals surface area contributed by atoms with Crippen molar-refractivity contribution in [2.45, 2.75) is 241 Å². The van der Waals surface area contributed by atoms with Crippen molar-refractivity contribution in [3.8, 4) is 0 Å². The van der Waals surface area contributed by atoms with Gasteiger partial charge in [-0.25, -0.2) is 4.79 Å². The van der Waals surface area contributed by atoms with Crippen molar-refractivity contribution in [3.63, 3.8) is 0 Å². The monoisotopic (exact) mass is 1030 g/mol. The molecule has 0 heterocycles. The summed E-state index contributed by atoms with van der Waals surface area (Å²) in [6.07, 6.45) is 11.4.